The van der Waals surface area contributed by atoms with Gasteiger partial charge in [0.05, 0.1) is 6.10 Å². The number of allylic oxidation sites excluding steroid dienone is 2. The lowest BCUT2D eigenvalue weighted by Gasteiger charge is -2.71. The van der Waals surface area contributed by atoms with Crippen molar-refractivity contribution in [1.29, 1.82) is 0 Å². The topological polar surface area (TPSA) is 152 Å². The summed E-state index contributed by atoms with van der Waals surface area (Å²) < 4.78 is 29.3. The molecule has 0 aromatic heterocycles. The number of carbonyl (C=O) groups is 5. The first-order valence-corrected chi connectivity index (χ1v) is 20.7. The van der Waals surface area contributed by atoms with Gasteiger partial charge in [0.15, 0.2) is 18.3 Å². The summed E-state index contributed by atoms with van der Waals surface area (Å²) in [4.78, 5) is 63.0. The van der Waals surface area contributed by atoms with E-state index in [4.69, 9.17) is 23.7 Å². The summed E-state index contributed by atoms with van der Waals surface area (Å²) in [6.45, 7) is 20.9. The lowest BCUT2D eigenvalue weighted by molar-refractivity contribution is -0.282. The van der Waals surface area contributed by atoms with E-state index in [1.165, 1.54) is 33.3 Å². The number of aliphatic hydroxyl groups excluding tert-OH is 1. The van der Waals surface area contributed by atoms with Crippen molar-refractivity contribution >= 4 is 29.7 Å². The van der Waals surface area contributed by atoms with Crippen LogP contribution in [0.15, 0.2) is 11.6 Å². The Morgan fingerprint density at radius 2 is 1.38 bits per heavy atom. The van der Waals surface area contributed by atoms with Crippen LogP contribution in [0.5, 0.6) is 0 Å². The molecule has 0 aromatic carbocycles. The minimum Gasteiger partial charge on any atom is -0.463 e. The maximum absolute atomic E-state index is 13.3. The van der Waals surface area contributed by atoms with Gasteiger partial charge < -0.3 is 28.8 Å². The molecule has 308 valence electrons. The van der Waals surface area contributed by atoms with E-state index < -0.39 is 65.9 Å². The number of rotatable bonds is 7. The van der Waals surface area contributed by atoms with Gasteiger partial charge in [0, 0.05) is 44.9 Å². The first-order chi connectivity index (χ1) is 25.4. The molecule has 1 aliphatic heterocycles. The molecule has 5 aliphatic carbocycles. The second-order valence-corrected chi connectivity index (χ2v) is 20.2. The zero-order valence-corrected chi connectivity index (χ0v) is 35.1. The molecule has 6 aliphatic rings. The molecule has 13 atom stereocenters. The molecule has 4 saturated carbocycles. The van der Waals surface area contributed by atoms with Crippen molar-refractivity contribution in [3.05, 3.63) is 11.6 Å². The Bertz CT molecular complexity index is 1610. The summed E-state index contributed by atoms with van der Waals surface area (Å²) in [6, 6.07) is 0. The van der Waals surface area contributed by atoms with Gasteiger partial charge in [-0.05, 0) is 97.2 Å². The summed E-state index contributed by atoms with van der Waals surface area (Å²) in [5.74, 6) is -1.55. The summed E-state index contributed by atoms with van der Waals surface area (Å²) in [5, 5.41) is 13.1. The number of hydrogen-bond donors (Lipinski definition) is 1. The van der Waals surface area contributed by atoms with Gasteiger partial charge in [0.1, 0.15) is 24.6 Å². The van der Waals surface area contributed by atoms with Crippen LogP contribution in [0.25, 0.3) is 0 Å². The second kappa shape index (κ2) is 14.2. The first-order valence-electron chi connectivity index (χ1n) is 20.7. The predicted molar refractivity (Wildman–Crippen MR) is 202 cm³/mol. The summed E-state index contributed by atoms with van der Waals surface area (Å²) in [7, 11) is 0. The highest BCUT2D eigenvalue weighted by atomic mass is 16.7. The standard InChI is InChI=1S/C44H66O11/c1-24(45)51-23-30-34(52-25(2)46)35(53-26(3)47)36(54-27(4)48)37(55-30)38(50)44-20-18-39(5,6)22-29(44)28-12-13-32-41(9)16-15-33(49)40(7,8)31(41)14-17-43(32,11)42(28,10)19-21-44/h12,29-32,34-38,50H,13-23H2,1-11H3/t29?,30?,31?,32?,34-,35-,36?,37+,38?,41-,42+,43+,44-/m0/s1. The number of hydrogen-bond acceptors (Lipinski definition) is 11. The fourth-order valence-electron chi connectivity index (χ4n) is 13.4. The number of ether oxygens (including phenoxy) is 5. The van der Waals surface area contributed by atoms with Gasteiger partial charge in [-0.15, -0.1) is 0 Å². The molecule has 0 spiro atoms. The quantitative estimate of drug-likeness (QED) is 0.165. The van der Waals surface area contributed by atoms with Crippen LogP contribution in [0.3, 0.4) is 0 Å². The van der Waals surface area contributed by atoms with Crippen molar-refractivity contribution < 1.29 is 52.8 Å². The molecule has 0 aromatic rings. The van der Waals surface area contributed by atoms with Gasteiger partial charge in [0.25, 0.3) is 0 Å². The lowest BCUT2D eigenvalue weighted by Crippen LogP contribution is -2.69. The van der Waals surface area contributed by atoms with Crippen LogP contribution < -0.4 is 0 Å². The van der Waals surface area contributed by atoms with Gasteiger partial charge in [0.2, 0.25) is 0 Å². The molecule has 5 fully saturated rings. The van der Waals surface area contributed by atoms with E-state index >= 15 is 0 Å². The second-order valence-electron chi connectivity index (χ2n) is 20.2. The zero-order chi connectivity index (χ0) is 40.7. The third-order valence-corrected chi connectivity index (χ3v) is 16.4. The Balaban J connectivity index is 1.44. The minimum absolute atomic E-state index is 0.0105. The molecule has 0 amide bonds. The van der Waals surface area contributed by atoms with Crippen LogP contribution in [-0.4, -0.2) is 78.0 Å². The van der Waals surface area contributed by atoms with Crippen LogP contribution in [-0.2, 0) is 47.7 Å². The number of Topliss-reactive ketones (excluding diaryl/α,β-unsaturated/α-hetero) is 1. The molecular formula is C44H66O11. The van der Waals surface area contributed by atoms with Crippen molar-refractivity contribution in [2.24, 2.45) is 50.2 Å². The molecule has 0 radical (unpaired) electrons. The highest BCUT2D eigenvalue weighted by molar-refractivity contribution is 5.85. The van der Waals surface area contributed by atoms with E-state index in [1.54, 1.807) is 0 Å². The summed E-state index contributed by atoms with van der Waals surface area (Å²) >= 11 is 0. The maximum Gasteiger partial charge on any atom is 0.303 e. The third kappa shape index (κ3) is 6.78. The minimum atomic E-state index is -1.33. The molecular weight excluding hydrogens is 704 g/mol. The summed E-state index contributed by atoms with van der Waals surface area (Å²) in [6.07, 6.45) is 3.51. The van der Waals surface area contributed by atoms with Crippen molar-refractivity contribution in [2.45, 2.75) is 177 Å². The van der Waals surface area contributed by atoms with Gasteiger partial charge in [-0.3, -0.25) is 24.0 Å². The molecule has 11 nitrogen and oxygen atoms in total. The highest BCUT2D eigenvalue weighted by Crippen LogP contribution is 2.76. The number of aliphatic hydroxyl groups is 1. The monoisotopic (exact) mass is 770 g/mol. The van der Waals surface area contributed by atoms with E-state index in [0.717, 1.165) is 44.9 Å². The van der Waals surface area contributed by atoms with E-state index in [2.05, 4.69) is 54.5 Å². The van der Waals surface area contributed by atoms with Crippen molar-refractivity contribution in [2.75, 3.05) is 6.61 Å². The number of carbonyl (C=O) groups excluding carboxylic acids is 5. The Labute approximate surface area is 327 Å². The normalized spacial score (nSPS) is 43.5. The average Bonchev–Trinajstić information content (AvgIpc) is 3.06. The van der Waals surface area contributed by atoms with Gasteiger partial charge in [-0.1, -0.05) is 60.1 Å². The fourth-order valence-corrected chi connectivity index (χ4v) is 13.4. The molecule has 1 heterocycles. The SMILES string of the molecule is CC(=O)OCC1O[C@@H](C(O)[C@]23CCC(C)(C)CC2C2=CCC4[C@@]5(C)CCC(=O)C(C)(C)C5CC[C@@]4(C)[C@]2(C)CC3)C(OC(C)=O)[C@@H](OC(C)=O)[C@H]1OC(C)=O. The van der Waals surface area contributed by atoms with E-state index in [0.29, 0.717) is 36.9 Å². The molecule has 6 unspecified atom stereocenters. The van der Waals surface area contributed by atoms with Crippen LogP contribution in [0.4, 0.5) is 0 Å². The number of ketones is 1. The molecule has 6 rings (SSSR count). The van der Waals surface area contributed by atoms with Crippen LogP contribution in [0.1, 0.15) is 140 Å². The maximum atomic E-state index is 13.3. The molecule has 0 bridgehead atoms. The van der Waals surface area contributed by atoms with E-state index in [1.807, 2.05) is 0 Å². The summed E-state index contributed by atoms with van der Waals surface area (Å²) in [5.41, 5.74) is 0.206. The smallest absolute Gasteiger partial charge is 0.303 e. The third-order valence-electron chi connectivity index (χ3n) is 16.4. The van der Waals surface area contributed by atoms with Gasteiger partial charge in [-0.25, -0.2) is 0 Å². The van der Waals surface area contributed by atoms with Gasteiger partial charge in [-0.2, -0.15) is 0 Å². The largest absolute Gasteiger partial charge is 0.463 e. The average molecular weight is 771 g/mol. The van der Waals surface area contributed by atoms with Gasteiger partial charge >= 0.3 is 23.9 Å². The lowest BCUT2D eigenvalue weighted by atomic mass is 9.33. The Kier molecular flexibility index (Phi) is 10.8. The van der Waals surface area contributed by atoms with Crippen LogP contribution in [0, 0.1) is 50.2 Å². The number of esters is 4. The Morgan fingerprint density at radius 1 is 0.782 bits per heavy atom. The molecule has 11 heteroatoms. The Hall–Kier alpha value is -2.79. The van der Waals surface area contributed by atoms with E-state index in [-0.39, 0.29) is 39.6 Å². The number of fused-ring (bicyclic) bond motifs is 7. The first kappa shape index (κ1) is 41.8. The van der Waals surface area contributed by atoms with Crippen LogP contribution >= 0.6 is 0 Å². The highest BCUT2D eigenvalue weighted by Gasteiger charge is 2.70. The predicted octanol–water partition coefficient (Wildman–Crippen LogP) is 6.84. The van der Waals surface area contributed by atoms with Crippen molar-refractivity contribution in [1.82, 2.24) is 0 Å². The zero-order valence-electron chi connectivity index (χ0n) is 35.1. The van der Waals surface area contributed by atoms with Crippen molar-refractivity contribution in [3.8, 4) is 0 Å². The van der Waals surface area contributed by atoms with Crippen LogP contribution in [0.2, 0.25) is 0 Å². The Morgan fingerprint density at radius 3 is 2.00 bits per heavy atom. The van der Waals surface area contributed by atoms with Crippen molar-refractivity contribution in [3.63, 3.8) is 0 Å². The molecule has 1 saturated heterocycles. The molecule has 55 heavy (non-hydrogen) atoms. The fraction of sp³-hybridized carbons (Fsp3) is 0.841. The van der Waals surface area contributed by atoms with E-state index in [9.17, 15) is 29.1 Å². The molecule has 1 N–H and O–H groups in total.